The lowest BCUT2D eigenvalue weighted by Gasteiger charge is -2.35. The highest BCUT2D eigenvalue weighted by molar-refractivity contribution is 6.20. The summed E-state index contributed by atoms with van der Waals surface area (Å²) in [7, 11) is 5.65. The fourth-order valence-corrected chi connectivity index (χ4v) is 5.17. The molecule has 3 aliphatic rings. The predicted molar refractivity (Wildman–Crippen MR) is 97.9 cm³/mol. The molecule has 0 aromatic rings. The summed E-state index contributed by atoms with van der Waals surface area (Å²) < 4.78 is 0. The predicted octanol–water partition coefficient (Wildman–Crippen LogP) is 4.60. The Labute approximate surface area is 147 Å². The second kappa shape index (κ2) is 7.41. The van der Waals surface area contributed by atoms with E-state index in [0.29, 0.717) is 30.0 Å². The molecule has 2 radical (unpaired) electrons. The van der Waals surface area contributed by atoms with Crippen LogP contribution < -0.4 is 0 Å². The average Bonchev–Trinajstić information content (AvgIpc) is 2.63. The highest BCUT2D eigenvalue weighted by Gasteiger charge is 2.34. The van der Waals surface area contributed by atoms with Gasteiger partial charge < -0.3 is 4.79 Å². The summed E-state index contributed by atoms with van der Waals surface area (Å²) in [5, 5.41) is 0. The van der Waals surface area contributed by atoms with Crippen LogP contribution in [0, 0.1) is 23.7 Å². The van der Waals surface area contributed by atoms with E-state index in [9.17, 15) is 9.59 Å². The van der Waals surface area contributed by atoms with Crippen LogP contribution in [0.4, 0.5) is 0 Å². The second-order valence-electron chi connectivity index (χ2n) is 8.13. The zero-order chi connectivity index (χ0) is 17.3. The summed E-state index contributed by atoms with van der Waals surface area (Å²) in [5.41, 5.74) is 4.42. The van der Waals surface area contributed by atoms with Crippen molar-refractivity contribution in [3.8, 4) is 0 Å². The first-order valence-electron chi connectivity index (χ1n) is 9.69. The summed E-state index contributed by atoms with van der Waals surface area (Å²) in [4.78, 5) is 24.0. The molecule has 3 rings (SSSR count). The van der Waals surface area contributed by atoms with Crippen LogP contribution >= 0.6 is 0 Å². The normalized spacial score (nSPS) is 34.4. The molecule has 0 spiro atoms. The molecule has 0 heterocycles. The quantitative estimate of drug-likeness (QED) is 0.696. The minimum atomic E-state index is 0.131. The van der Waals surface area contributed by atoms with E-state index in [1.54, 1.807) is 5.57 Å². The maximum absolute atomic E-state index is 12.3. The molecule has 24 heavy (non-hydrogen) atoms. The summed E-state index contributed by atoms with van der Waals surface area (Å²) >= 11 is 0. The summed E-state index contributed by atoms with van der Waals surface area (Å²) in [6, 6.07) is 0. The van der Waals surface area contributed by atoms with Gasteiger partial charge in [0.05, 0.1) is 7.85 Å². The molecule has 128 valence electrons. The van der Waals surface area contributed by atoms with E-state index < -0.39 is 0 Å². The molecule has 2 nitrogen and oxygen atoms in total. The Bertz CT molecular complexity index is 587. The Morgan fingerprint density at radius 2 is 1.83 bits per heavy atom. The number of Topliss-reactive ketones (excluding diaryl/α,β-unsaturated/α-hetero) is 1. The van der Waals surface area contributed by atoms with Gasteiger partial charge in [0.25, 0.3) is 0 Å². The van der Waals surface area contributed by atoms with Gasteiger partial charge in [0.1, 0.15) is 5.78 Å². The minimum absolute atomic E-state index is 0.131. The molecule has 3 heteroatoms. The number of carbonyl (C=O) groups excluding carboxylic acids is 2. The van der Waals surface area contributed by atoms with Crippen molar-refractivity contribution >= 4 is 19.4 Å². The number of hydrogen-bond acceptors (Lipinski definition) is 2. The minimum Gasteiger partial charge on any atom is -0.300 e. The lowest BCUT2D eigenvalue weighted by Crippen LogP contribution is -2.23. The highest BCUT2D eigenvalue weighted by Crippen LogP contribution is 2.46. The first-order valence-corrected chi connectivity index (χ1v) is 9.69. The van der Waals surface area contributed by atoms with Gasteiger partial charge >= 0.3 is 0 Å². The first kappa shape index (κ1) is 17.7. The van der Waals surface area contributed by atoms with Gasteiger partial charge in [-0.25, -0.2) is 0 Å². The molecular weight excluding hydrogens is 295 g/mol. The van der Waals surface area contributed by atoms with Crippen LogP contribution in [-0.2, 0) is 9.59 Å². The summed E-state index contributed by atoms with van der Waals surface area (Å²) in [6.07, 6.45) is 10.2. The van der Waals surface area contributed by atoms with Crippen LogP contribution in [0.3, 0.4) is 0 Å². The van der Waals surface area contributed by atoms with E-state index in [-0.39, 0.29) is 18.0 Å². The zero-order valence-corrected chi connectivity index (χ0v) is 15.1. The Morgan fingerprint density at radius 3 is 2.58 bits per heavy atom. The number of carbonyl (C=O) groups is 2. The topological polar surface area (TPSA) is 34.1 Å². The first-order chi connectivity index (χ1) is 11.5. The number of allylic oxidation sites excluding steroid dienone is 4. The van der Waals surface area contributed by atoms with Gasteiger partial charge in [-0.3, -0.25) is 4.79 Å². The van der Waals surface area contributed by atoms with Crippen molar-refractivity contribution in [1.29, 1.82) is 0 Å². The molecule has 0 bridgehead atoms. The van der Waals surface area contributed by atoms with Gasteiger partial charge in [0.2, 0.25) is 0 Å². The second-order valence-corrected chi connectivity index (χ2v) is 8.13. The third-order valence-corrected chi connectivity index (χ3v) is 6.69. The monoisotopic (exact) mass is 324 g/mol. The molecule has 0 aromatic carbocycles. The molecule has 0 amide bonds. The van der Waals surface area contributed by atoms with Gasteiger partial charge in [-0.2, -0.15) is 0 Å². The molecule has 1 saturated carbocycles. The van der Waals surface area contributed by atoms with Crippen LogP contribution in [0.2, 0.25) is 6.32 Å². The van der Waals surface area contributed by atoms with Gasteiger partial charge in [-0.1, -0.05) is 19.4 Å². The average molecular weight is 324 g/mol. The fraction of sp³-hybridized carbons (Fsp3) is 0.714. The van der Waals surface area contributed by atoms with E-state index in [1.165, 1.54) is 17.6 Å². The van der Waals surface area contributed by atoms with E-state index in [2.05, 4.69) is 13.8 Å². The molecular formula is C21H29BO2. The van der Waals surface area contributed by atoms with Gasteiger partial charge in [-0.15, -0.1) is 0 Å². The molecule has 0 aromatic heterocycles. The smallest absolute Gasteiger partial charge is 0.156 e. The fourth-order valence-electron chi connectivity index (χ4n) is 5.17. The van der Waals surface area contributed by atoms with Crippen molar-refractivity contribution in [2.45, 2.75) is 71.5 Å². The Kier molecular flexibility index (Phi) is 5.47. The van der Waals surface area contributed by atoms with Crippen molar-refractivity contribution in [3.05, 3.63) is 22.8 Å². The molecule has 4 atom stereocenters. The Balaban J connectivity index is 1.91. The lowest BCUT2D eigenvalue weighted by atomic mass is 9.69. The van der Waals surface area contributed by atoms with Crippen LogP contribution in [0.15, 0.2) is 22.8 Å². The van der Waals surface area contributed by atoms with Crippen molar-refractivity contribution in [2.75, 3.05) is 0 Å². The van der Waals surface area contributed by atoms with E-state index in [1.807, 2.05) is 6.08 Å². The van der Waals surface area contributed by atoms with Crippen molar-refractivity contribution < 1.29 is 9.59 Å². The molecule has 0 N–H and O–H groups in total. The van der Waals surface area contributed by atoms with E-state index in [4.69, 9.17) is 7.85 Å². The largest absolute Gasteiger partial charge is 0.300 e. The third-order valence-electron chi connectivity index (χ3n) is 6.69. The molecule has 2 unspecified atom stereocenters. The Hall–Kier alpha value is -1.12. The molecule has 0 saturated heterocycles. The summed E-state index contributed by atoms with van der Waals surface area (Å²) in [5.74, 6) is 2.33. The van der Waals surface area contributed by atoms with Crippen molar-refractivity contribution in [2.24, 2.45) is 23.7 Å². The van der Waals surface area contributed by atoms with Crippen molar-refractivity contribution in [1.82, 2.24) is 0 Å². The van der Waals surface area contributed by atoms with Crippen LogP contribution in [0.25, 0.3) is 0 Å². The van der Waals surface area contributed by atoms with Gasteiger partial charge in [0, 0.05) is 12.3 Å². The third kappa shape index (κ3) is 3.46. The molecule has 1 fully saturated rings. The number of ketones is 2. The van der Waals surface area contributed by atoms with Crippen molar-refractivity contribution in [3.63, 3.8) is 0 Å². The standard InChI is InChI=1S/C21H29BO2/c1-13-3-7-18(21(24)12-22)14(2)4-8-20-17(13)9-5-15-11-16(23)6-10-19(15)20/h11,13-14,17-18H,3-10,12H2,1-2H3/t13?,14-,17?,18-/m0/s1. The number of hydrogen-bond donors (Lipinski definition) is 0. The number of fused-ring (bicyclic) bond motifs is 2. The molecule has 0 aliphatic heterocycles. The highest BCUT2D eigenvalue weighted by atomic mass is 16.1. The van der Waals surface area contributed by atoms with Crippen LogP contribution in [0.5, 0.6) is 0 Å². The Morgan fingerprint density at radius 1 is 1.04 bits per heavy atom. The van der Waals surface area contributed by atoms with Crippen LogP contribution in [-0.4, -0.2) is 19.4 Å². The van der Waals surface area contributed by atoms with E-state index in [0.717, 1.165) is 38.5 Å². The van der Waals surface area contributed by atoms with Crippen LogP contribution in [0.1, 0.15) is 65.2 Å². The summed E-state index contributed by atoms with van der Waals surface area (Å²) in [6.45, 7) is 4.58. The van der Waals surface area contributed by atoms with Gasteiger partial charge in [0.15, 0.2) is 5.78 Å². The zero-order valence-electron chi connectivity index (χ0n) is 15.1. The number of rotatable bonds is 2. The SMILES string of the molecule is [B]CC(=O)[C@H]1CCC(C)C2CCC3=CC(=O)CCC3=C2CC[C@@H]1C. The lowest BCUT2D eigenvalue weighted by molar-refractivity contribution is -0.122. The maximum atomic E-state index is 12.3. The van der Waals surface area contributed by atoms with E-state index >= 15 is 0 Å². The maximum Gasteiger partial charge on any atom is 0.156 e. The van der Waals surface area contributed by atoms with Gasteiger partial charge in [-0.05, 0) is 86.2 Å². The molecule has 3 aliphatic carbocycles.